The van der Waals surface area contributed by atoms with Gasteiger partial charge in [-0.2, -0.15) is 0 Å². The van der Waals surface area contributed by atoms with Gasteiger partial charge in [0.2, 0.25) is 0 Å². The summed E-state index contributed by atoms with van der Waals surface area (Å²) in [6.07, 6.45) is 0. The lowest BCUT2D eigenvalue weighted by Gasteiger charge is -2.10. The van der Waals surface area contributed by atoms with Gasteiger partial charge in [0.05, 0.1) is 4.47 Å². The van der Waals surface area contributed by atoms with Gasteiger partial charge in [-0.25, -0.2) is 4.39 Å². The Hall–Kier alpha value is -0.840. The van der Waals surface area contributed by atoms with E-state index in [2.05, 4.69) is 34.1 Å². The van der Waals surface area contributed by atoms with Gasteiger partial charge in [0.1, 0.15) is 0 Å². The molecule has 0 aliphatic heterocycles. The molecule has 0 heterocycles. The number of hydrogen-bond acceptors (Lipinski definition) is 2. The first-order valence-electron chi connectivity index (χ1n) is 5.95. The van der Waals surface area contributed by atoms with E-state index in [0.717, 1.165) is 16.0 Å². The fourth-order valence-electron chi connectivity index (χ4n) is 1.74. The second-order valence-electron chi connectivity index (χ2n) is 4.43. The molecule has 0 atom stereocenters. The van der Waals surface area contributed by atoms with Gasteiger partial charge in [-0.1, -0.05) is 30.0 Å². The molecule has 2 aromatic rings. The van der Waals surface area contributed by atoms with E-state index in [1.54, 1.807) is 6.07 Å². The van der Waals surface area contributed by atoms with E-state index in [9.17, 15) is 4.39 Å². The number of hydrogen-bond donors (Lipinski definition) is 1. The monoisotopic (exact) mass is 339 g/mol. The highest BCUT2D eigenvalue weighted by Gasteiger charge is 2.12. The van der Waals surface area contributed by atoms with Gasteiger partial charge in [-0.05, 0) is 58.6 Å². The fourth-order valence-corrected chi connectivity index (χ4v) is 3.42. The number of aryl methyl sites for hydroxylation is 2. The zero-order valence-electron chi connectivity index (χ0n) is 10.8. The lowest BCUT2D eigenvalue weighted by atomic mass is 10.2. The second kappa shape index (κ2) is 6.07. The molecule has 0 radical (unpaired) electrons. The third-order valence-corrected chi connectivity index (χ3v) is 4.96. The summed E-state index contributed by atoms with van der Waals surface area (Å²) >= 11 is 4.71. The molecule has 0 aliphatic rings. The number of rotatable bonds is 3. The van der Waals surface area contributed by atoms with Crippen LogP contribution in [0.25, 0.3) is 0 Å². The number of nitrogens with two attached hydrogens (primary N) is 1. The molecule has 0 saturated heterocycles. The van der Waals surface area contributed by atoms with Crippen molar-refractivity contribution in [3.63, 3.8) is 0 Å². The van der Waals surface area contributed by atoms with Crippen LogP contribution in [-0.2, 0) is 6.54 Å². The predicted octanol–water partition coefficient (Wildman–Crippen LogP) is 4.81. The molecule has 2 aromatic carbocycles. The Morgan fingerprint density at radius 1 is 1.16 bits per heavy atom. The fraction of sp³-hybridized carbons (Fsp3) is 0.200. The highest BCUT2D eigenvalue weighted by atomic mass is 79.9. The maximum atomic E-state index is 14.2. The van der Waals surface area contributed by atoms with Crippen LogP contribution in [0.4, 0.5) is 4.39 Å². The molecule has 0 aliphatic carbocycles. The molecule has 0 fully saturated rings. The number of benzene rings is 2. The van der Waals surface area contributed by atoms with Gasteiger partial charge in [0.15, 0.2) is 5.82 Å². The minimum atomic E-state index is -0.242. The Morgan fingerprint density at radius 2 is 1.89 bits per heavy atom. The average molecular weight is 340 g/mol. The van der Waals surface area contributed by atoms with Crippen molar-refractivity contribution >= 4 is 27.7 Å². The lowest BCUT2D eigenvalue weighted by Crippen LogP contribution is -1.99. The molecule has 0 spiro atoms. The molecule has 0 bridgehead atoms. The van der Waals surface area contributed by atoms with Crippen molar-refractivity contribution in [2.45, 2.75) is 30.2 Å². The van der Waals surface area contributed by atoms with E-state index < -0.39 is 0 Å². The minimum absolute atomic E-state index is 0.242. The van der Waals surface area contributed by atoms with Gasteiger partial charge < -0.3 is 5.73 Å². The summed E-state index contributed by atoms with van der Waals surface area (Å²) in [5.41, 5.74) is 8.66. The Balaban J connectivity index is 2.39. The van der Waals surface area contributed by atoms with Crippen LogP contribution in [0.3, 0.4) is 0 Å². The molecule has 0 saturated carbocycles. The van der Waals surface area contributed by atoms with Crippen LogP contribution >= 0.6 is 27.7 Å². The molecular formula is C15H15BrFNS. The van der Waals surface area contributed by atoms with E-state index in [1.807, 2.05) is 19.9 Å². The smallest absolute Gasteiger partial charge is 0.151 e. The first-order chi connectivity index (χ1) is 9.02. The van der Waals surface area contributed by atoms with Crippen molar-refractivity contribution in [3.8, 4) is 0 Å². The van der Waals surface area contributed by atoms with E-state index >= 15 is 0 Å². The minimum Gasteiger partial charge on any atom is -0.326 e. The van der Waals surface area contributed by atoms with Gasteiger partial charge in [0.25, 0.3) is 0 Å². The molecule has 2 N–H and O–H groups in total. The van der Waals surface area contributed by atoms with Crippen LogP contribution in [0.5, 0.6) is 0 Å². The maximum Gasteiger partial charge on any atom is 0.151 e. The van der Waals surface area contributed by atoms with Crippen LogP contribution in [0.2, 0.25) is 0 Å². The molecule has 0 amide bonds. The molecule has 0 unspecified atom stereocenters. The zero-order valence-corrected chi connectivity index (χ0v) is 13.2. The topological polar surface area (TPSA) is 26.0 Å². The van der Waals surface area contributed by atoms with Gasteiger partial charge in [-0.15, -0.1) is 0 Å². The Morgan fingerprint density at radius 3 is 2.58 bits per heavy atom. The summed E-state index contributed by atoms with van der Waals surface area (Å²) in [6, 6.07) is 9.83. The van der Waals surface area contributed by atoms with E-state index in [4.69, 9.17) is 5.73 Å². The van der Waals surface area contributed by atoms with Crippen LogP contribution in [0.1, 0.15) is 16.7 Å². The molecule has 19 heavy (non-hydrogen) atoms. The van der Waals surface area contributed by atoms with Gasteiger partial charge >= 0.3 is 0 Å². The SMILES string of the molecule is Cc1ccc(C)c(Sc2ccc(CN)c(Br)c2F)c1. The highest BCUT2D eigenvalue weighted by molar-refractivity contribution is 9.10. The summed E-state index contributed by atoms with van der Waals surface area (Å²) < 4.78 is 14.7. The lowest BCUT2D eigenvalue weighted by molar-refractivity contribution is 0.592. The van der Waals surface area contributed by atoms with Crippen molar-refractivity contribution in [1.29, 1.82) is 0 Å². The largest absolute Gasteiger partial charge is 0.326 e. The predicted molar refractivity (Wildman–Crippen MR) is 82.0 cm³/mol. The van der Waals surface area contributed by atoms with Crippen molar-refractivity contribution in [3.05, 3.63) is 57.3 Å². The van der Waals surface area contributed by atoms with E-state index in [0.29, 0.717) is 15.9 Å². The van der Waals surface area contributed by atoms with Crippen LogP contribution in [0, 0.1) is 19.7 Å². The zero-order chi connectivity index (χ0) is 14.0. The van der Waals surface area contributed by atoms with Gasteiger partial charge in [-0.3, -0.25) is 0 Å². The third kappa shape index (κ3) is 3.19. The normalized spacial score (nSPS) is 10.8. The Bertz CT molecular complexity index is 613. The molecule has 0 aromatic heterocycles. The van der Waals surface area contributed by atoms with Crippen molar-refractivity contribution in [2.75, 3.05) is 0 Å². The van der Waals surface area contributed by atoms with Crippen LogP contribution in [0.15, 0.2) is 44.6 Å². The summed E-state index contributed by atoms with van der Waals surface area (Å²) in [5.74, 6) is -0.242. The third-order valence-electron chi connectivity index (χ3n) is 2.91. The molecule has 1 nitrogen and oxygen atoms in total. The van der Waals surface area contributed by atoms with Gasteiger partial charge in [0, 0.05) is 16.3 Å². The van der Waals surface area contributed by atoms with Crippen molar-refractivity contribution < 1.29 is 4.39 Å². The molecule has 2 rings (SSSR count). The summed E-state index contributed by atoms with van der Waals surface area (Å²) in [7, 11) is 0. The molecule has 4 heteroatoms. The Labute approximate surface area is 125 Å². The first-order valence-corrected chi connectivity index (χ1v) is 7.56. The van der Waals surface area contributed by atoms with Crippen molar-refractivity contribution in [1.82, 2.24) is 0 Å². The Kier molecular flexibility index (Phi) is 4.66. The first kappa shape index (κ1) is 14.6. The highest BCUT2D eigenvalue weighted by Crippen LogP contribution is 2.36. The van der Waals surface area contributed by atoms with E-state index in [-0.39, 0.29) is 5.82 Å². The second-order valence-corrected chi connectivity index (χ2v) is 6.30. The van der Waals surface area contributed by atoms with Crippen LogP contribution in [-0.4, -0.2) is 0 Å². The molecular weight excluding hydrogens is 325 g/mol. The van der Waals surface area contributed by atoms with Crippen LogP contribution < -0.4 is 5.73 Å². The quantitative estimate of drug-likeness (QED) is 0.867. The summed E-state index contributed by atoms with van der Waals surface area (Å²) in [5, 5.41) is 0. The summed E-state index contributed by atoms with van der Waals surface area (Å²) in [6.45, 7) is 4.39. The van der Waals surface area contributed by atoms with Crippen molar-refractivity contribution in [2.24, 2.45) is 5.73 Å². The number of halogens is 2. The average Bonchev–Trinajstić information content (AvgIpc) is 2.39. The standard InChI is InChI=1S/C15H15BrFNS/c1-9-3-4-10(2)13(7-9)19-12-6-5-11(8-18)14(16)15(12)17/h3-7H,8,18H2,1-2H3. The molecule has 100 valence electrons. The van der Waals surface area contributed by atoms with E-state index in [1.165, 1.54) is 17.3 Å². The summed E-state index contributed by atoms with van der Waals surface area (Å²) in [4.78, 5) is 1.68. The maximum absolute atomic E-state index is 14.2.